The minimum atomic E-state index is 0.628. The van der Waals surface area contributed by atoms with Crippen molar-refractivity contribution in [1.29, 1.82) is 0 Å². The average molecular weight is 166 g/mol. The SMILES string of the molecule is CCCC(CC)c1ccc(C)o1. The molecule has 0 spiro atoms. The van der Waals surface area contributed by atoms with E-state index in [2.05, 4.69) is 19.9 Å². The van der Waals surface area contributed by atoms with E-state index in [0.717, 1.165) is 11.5 Å². The van der Waals surface area contributed by atoms with Crippen LogP contribution in [0.15, 0.2) is 16.5 Å². The summed E-state index contributed by atoms with van der Waals surface area (Å²) in [6.07, 6.45) is 3.66. The topological polar surface area (TPSA) is 13.1 Å². The van der Waals surface area contributed by atoms with E-state index in [-0.39, 0.29) is 0 Å². The smallest absolute Gasteiger partial charge is 0.107 e. The van der Waals surface area contributed by atoms with Crippen LogP contribution in [0, 0.1) is 6.92 Å². The molecular formula is C11H18O. The van der Waals surface area contributed by atoms with Crippen LogP contribution < -0.4 is 0 Å². The molecule has 0 aromatic carbocycles. The molecule has 12 heavy (non-hydrogen) atoms. The molecule has 1 heterocycles. The molecule has 0 fully saturated rings. The molecule has 1 aromatic heterocycles. The molecule has 0 aliphatic heterocycles. The molecule has 0 amide bonds. The highest BCUT2D eigenvalue weighted by Gasteiger charge is 2.11. The minimum absolute atomic E-state index is 0.628. The Morgan fingerprint density at radius 1 is 1.33 bits per heavy atom. The first kappa shape index (κ1) is 9.37. The molecule has 68 valence electrons. The quantitative estimate of drug-likeness (QED) is 0.661. The standard InChI is InChI=1S/C11H18O/c1-4-6-10(5-2)11-8-7-9(3)12-11/h7-8,10H,4-6H2,1-3H3. The summed E-state index contributed by atoms with van der Waals surface area (Å²) >= 11 is 0. The zero-order chi connectivity index (χ0) is 8.97. The van der Waals surface area contributed by atoms with Crippen LogP contribution in [0.2, 0.25) is 0 Å². The minimum Gasteiger partial charge on any atom is -0.466 e. The molecule has 0 bridgehead atoms. The van der Waals surface area contributed by atoms with Gasteiger partial charge < -0.3 is 4.42 Å². The molecule has 0 aliphatic carbocycles. The number of hydrogen-bond acceptors (Lipinski definition) is 1. The number of furan rings is 1. The molecule has 0 saturated carbocycles. The summed E-state index contributed by atoms with van der Waals surface area (Å²) in [5, 5.41) is 0. The van der Waals surface area contributed by atoms with E-state index in [1.54, 1.807) is 0 Å². The third-order valence-electron chi connectivity index (χ3n) is 2.29. The molecule has 1 heteroatoms. The molecule has 1 atom stereocenters. The van der Waals surface area contributed by atoms with Crippen molar-refractivity contribution < 1.29 is 4.42 Å². The van der Waals surface area contributed by atoms with Crippen LogP contribution >= 0.6 is 0 Å². The van der Waals surface area contributed by atoms with Crippen molar-refractivity contribution in [3.63, 3.8) is 0 Å². The number of rotatable bonds is 4. The van der Waals surface area contributed by atoms with Gasteiger partial charge in [-0.25, -0.2) is 0 Å². The molecular weight excluding hydrogens is 148 g/mol. The first-order chi connectivity index (χ1) is 5.77. The van der Waals surface area contributed by atoms with E-state index < -0.39 is 0 Å². The first-order valence-electron chi connectivity index (χ1n) is 4.84. The highest BCUT2D eigenvalue weighted by atomic mass is 16.3. The van der Waals surface area contributed by atoms with Gasteiger partial charge in [0.25, 0.3) is 0 Å². The molecule has 0 N–H and O–H groups in total. The predicted molar refractivity (Wildman–Crippen MR) is 51.4 cm³/mol. The Balaban J connectivity index is 2.66. The van der Waals surface area contributed by atoms with E-state index in [9.17, 15) is 0 Å². The Hall–Kier alpha value is -0.720. The Kier molecular flexibility index (Phi) is 3.39. The van der Waals surface area contributed by atoms with E-state index in [1.165, 1.54) is 19.3 Å². The monoisotopic (exact) mass is 166 g/mol. The van der Waals surface area contributed by atoms with Crippen molar-refractivity contribution in [1.82, 2.24) is 0 Å². The number of hydrogen-bond donors (Lipinski definition) is 0. The zero-order valence-electron chi connectivity index (χ0n) is 8.26. The van der Waals surface area contributed by atoms with Crippen molar-refractivity contribution in [2.24, 2.45) is 0 Å². The fourth-order valence-electron chi connectivity index (χ4n) is 1.57. The normalized spacial score (nSPS) is 13.2. The summed E-state index contributed by atoms with van der Waals surface area (Å²) in [5.74, 6) is 2.82. The maximum Gasteiger partial charge on any atom is 0.107 e. The van der Waals surface area contributed by atoms with Crippen molar-refractivity contribution in [2.45, 2.75) is 46.0 Å². The molecule has 0 aliphatic rings. The summed E-state index contributed by atoms with van der Waals surface area (Å²) in [5.41, 5.74) is 0. The van der Waals surface area contributed by atoms with Gasteiger partial charge in [0, 0.05) is 5.92 Å². The van der Waals surface area contributed by atoms with Crippen LogP contribution in [0.4, 0.5) is 0 Å². The first-order valence-corrected chi connectivity index (χ1v) is 4.84. The lowest BCUT2D eigenvalue weighted by Gasteiger charge is -2.09. The second-order valence-electron chi connectivity index (χ2n) is 3.34. The third-order valence-corrected chi connectivity index (χ3v) is 2.29. The summed E-state index contributed by atoms with van der Waals surface area (Å²) in [6.45, 7) is 6.44. The van der Waals surface area contributed by atoms with Crippen LogP contribution in [0.25, 0.3) is 0 Å². The van der Waals surface area contributed by atoms with Gasteiger partial charge in [-0.2, -0.15) is 0 Å². The Labute approximate surface area is 74.8 Å². The lowest BCUT2D eigenvalue weighted by Crippen LogP contribution is -1.94. The van der Waals surface area contributed by atoms with Gasteiger partial charge in [0.2, 0.25) is 0 Å². The average Bonchev–Trinajstić information content (AvgIpc) is 2.47. The lowest BCUT2D eigenvalue weighted by atomic mass is 9.98. The van der Waals surface area contributed by atoms with Gasteiger partial charge in [0.05, 0.1) is 0 Å². The summed E-state index contributed by atoms with van der Waals surface area (Å²) in [6, 6.07) is 4.16. The van der Waals surface area contributed by atoms with E-state index in [0.29, 0.717) is 5.92 Å². The van der Waals surface area contributed by atoms with Crippen LogP contribution in [0.5, 0.6) is 0 Å². The second-order valence-corrected chi connectivity index (χ2v) is 3.34. The second kappa shape index (κ2) is 4.34. The van der Waals surface area contributed by atoms with Gasteiger partial charge in [-0.3, -0.25) is 0 Å². The lowest BCUT2D eigenvalue weighted by molar-refractivity contribution is 0.421. The Bertz CT molecular complexity index is 225. The molecule has 1 aromatic rings. The van der Waals surface area contributed by atoms with Gasteiger partial charge in [-0.05, 0) is 31.9 Å². The molecule has 1 nitrogen and oxygen atoms in total. The van der Waals surface area contributed by atoms with E-state index in [1.807, 2.05) is 13.0 Å². The molecule has 0 saturated heterocycles. The molecule has 1 rings (SSSR count). The third kappa shape index (κ3) is 2.13. The van der Waals surface area contributed by atoms with Crippen LogP contribution in [0.1, 0.15) is 50.5 Å². The van der Waals surface area contributed by atoms with Crippen LogP contribution in [0.3, 0.4) is 0 Å². The molecule has 1 unspecified atom stereocenters. The summed E-state index contributed by atoms with van der Waals surface area (Å²) < 4.78 is 5.59. The van der Waals surface area contributed by atoms with Crippen LogP contribution in [-0.4, -0.2) is 0 Å². The van der Waals surface area contributed by atoms with Gasteiger partial charge in [-0.1, -0.05) is 20.3 Å². The fourth-order valence-corrected chi connectivity index (χ4v) is 1.57. The van der Waals surface area contributed by atoms with Gasteiger partial charge in [0.15, 0.2) is 0 Å². The fraction of sp³-hybridized carbons (Fsp3) is 0.636. The van der Waals surface area contributed by atoms with Crippen LogP contribution in [-0.2, 0) is 0 Å². The summed E-state index contributed by atoms with van der Waals surface area (Å²) in [4.78, 5) is 0. The Morgan fingerprint density at radius 3 is 2.50 bits per heavy atom. The van der Waals surface area contributed by atoms with Gasteiger partial charge in [-0.15, -0.1) is 0 Å². The Morgan fingerprint density at radius 2 is 2.08 bits per heavy atom. The number of aryl methyl sites for hydroxylation is 1. The van der Waals surface area contributed by atoms with Crippen molar-refractivity contribution in [3.8, 4) is 0 Å². The molecule has 0 radical (unpaired) electrons. The summed E-state index contributed by atoms with van der Waals surface area (Å²) in [7, 11) is 0. The van der Waals surface area contributed by atoms with Gasteiger partial charge >= 0.3 is 0 Å². The van der Waals surface area contributed by atoms with Crippen molar-refractivity contribution in [3.05, 3.63) is 23.7 Å². The van der Waals surface area contributed by atoms with Crippen molar-refractivity contribution in [2.75, 3.05) is 0 Å². The highest BCUT2D eigenvalue weighted by molar-refractivity contribution is 5.09. The largest absolute Gasteiger partial charge is 0.466 e. The van der Waals surface area contributed by atoms with Crippen molar-refractivity contribution >= 4 is 0 Å². The van der Waals surface area contributed by atoms with Gasteiger partial charge in [0.1, 0.15) is 11.5 Å². The maximum atomic E-state index is 5.59. The highest BCUT2D eigenvalue weighted by Crippen LogP contribution is 2.25. The van der Waals surface area contributed by atoms with E-state index >= 15 is 0 Å². The van der Waals surface area contributed by atoms with E-state index in [4.69, 9.17) is 4.42 Å². The zero-order valence-corrected chi connectivity index (χ0v) is 8.26. The maximum absolute atomic E-state index is 5.59. The predicted octanol–water partition coefficient (Wildman–Crippen LogP) is 3.88.